The molecule has 0 unspecified atom stereocenters. The van der Waals surface area contributed by atoms with E-state index in [4.69, 9.17) is 0 Å². The van der Waals surface area contributed by atoms with Crippen LogP contribution in [0.1, 0.15) is 42.1 Å². The van der Waals surface area contributed by atoms with E-state index in [-0.39, 0.29) is 17.6 Å². The third kappa shape index (κ3) is 7.40. The SMILES string of the molecule is CC(=O)c1cccc(NC(NCCCN2CCC(Cc3ccc(F)cc3)CC2)=[N+](C#N)C#N)c1. The number of Topliss-reactive ketones (excluding diaryl/α,β-unsaturated/α-hetero) is 1. The molecule has 1 heterocycles. The molecule has 7 nitrogen and oxygen atoms in total. The number of hydrogen-bond acceptors (Lipinski definition) is 4. The fourth-order valence-corrected chi connectivity index (χ4v) is 4.13. The number of piperidine rings is 1. The summed E-state index contributed by atoms with van der Waals surface area (Å²) in [5.41, 5.74) is 2.36. The summed E-state index contributed by atoms with van der Waals surface area (Å²) in [7, 11) is 0. The summed E-state index contributed by atoms with van der Waals surface area (Å²) in [6, 6.07) is 13.7. The van der Waals surface area contributed by atoms with Crippen LogP contribution >= 0.6 is 0 Å². The highest BCUT2D eigenvalue weighted by Gasteiger charge is 2.19. The molecule has 0 atom stereocenters. The van der Waals surface area contributed by atoms with Crippen LogP contribution in [0.25, 0.3) is 0 Å². The smallest absolute Gasteiger partial charge is 0.307 e. The standard InChI is InChI=1S/C26H29FN6O/c1-20(34)23-4-2-5-25(17-23)31-26(33(18-28)19-29)30-12-3-13-32-14-10-22(11-15-32)16-21-6-8-24(27)9-7-21/h2,4-9,17,22H,3,10-16H2,1H3,(H,30,31)/p+1. The topological polar surface area (TPSA) is 95.0 Å². The first-order chi connectivity index (χ1) is 16.5. The number of carbonyl (C=O) groups is 1. The number of halogens is 1. The molecule has 0 aromatic heterocycles. The molecule has 2 aromatic rings. The average Bonchev–Trinajstić information content (AvgIpc) is 2.85. The molecule has 0 bridgehead atoms. The molecule has 1 saturated heterocycles. The largest absolute Gasteiger partial charge is 0.314 e. The minimum absolute atomic E-state index is 0.0583. The van der Waals surface area contributed by atoms with Crippen LogP contribution in [0.5, 0.6) is 0 Å². The van der Waals surface area contributed by atoms with Crippen LogP contribution in [0.3, 0.4) is 0 Å². The van der Waals surface area contributed by atoms with Crippen molar-refractivity contribution in [2.75, 3.05) is 31.5 Å². The third-order valence-corrected chi connectivity index (χ3v) is 6.04. The monoisotopic (exact) mass is 461 g/mol. The zero-order chi connectivity index (χ0) is 24.3. The Bertz CT molecular complexity index is 1080. The molecular weight excluding hydrogens is 431 g/mol. The van der Waals surface area contributed by atoms with Crippen LogP contribution in [-0.2, 0) is 6.42 Å². The number of anilines is 1. The molecule has 0 aliphatic carbocycles. The van der Waals surface area contributed by atoms with E-state index < -0.39 is 0 Å². The van der Waals surface area contributed by atoms with Gasteiger partial charge in [-0.25, -0.2) is 4.39 Å². The minimum Gasteiger partial charge on any atom is -0.307 e. The number of nitrogens with one attached hydrogen (secondary N) is 2. The first-order valence-electron chi connectivity index (χ1n) is 11.5. The molecule has 2 N–H and O–H groups in total. The van der Waals surface area contributed by atoms with E-state index in [0.29, 0.717) is 23.7 Å². The van der Waals surface area contributed by atoms with Gasteiger partial charge in [-0.3, -0.25) is 10.1 Å². The summed E-state index contributed by atoms with van der Waals surface area (Å²) in [5, 5.41) is 24.8. The van der Waals surface area contributed by atoms with Gasteiger partial charge in [-0.1, -0.05) is 28.8 Å². The Morgan fingerprint density at radius 1 is 1.15 bits per heavy atom. The Balaban J connectivity index is 1.45. The number of guanidine groups is 1. The first kappa shape index (κ1) is 24.9. The fourth-order valence-electron chi connectivity index (χ4n) is 4.13. The van der Waals surface area contributed by atoms with Crippen molar-refractivity contribution in [3.05, 3.63) is 65.5 Å². The molecule has 1 aliphatic rings. The van der Waals surface area contributed by atoms with Crippen molar-refractivity contribution in [1.82, 2.24) is 10.2 Å². The second-order valence-electron chi connectivity index (χ2n) is 8.54. The van der Waals surface area contributed by atoms with Gasteiger partial charge in [-0.2, -0.15) is 0 Å². The van der Waals surface area contributed by atoms with E-state index in [1.807, 2.05) is 24.5 Å². The van der Waals surface area contributed by atoms with Crippen molar-refractivity contribution in [2.24, 2.45) is 5.92 Å². The van der Waals surface area contributed by atoms with Gasteiger partial charge < -0.3 is 10.2 Å². The molecule has 0 saturated carbocycles. The predicted octanol–water partition coefficient (Wildman–Crippen LogP) is 3.71. The summed E-state index contributed by atoms with van der Waals surface area (Å²) in [6.45, 7) is 5.05. The summed E-state index contributed by atoms with van der Waals surface area (Å²) >= 11 is 0. The van der Waals surface area contributed by atoms with Crippen LogP contribution in [0, 0.1) is 34.6 Å². The van der Waals surface area contributed by atoms with E-state index in [2.05, 4.69) is 15.5 Å². The number of hydrogen-bond donors (Lipinski definition) is 2. The van der Waals surface area contributed by atoms with Gasteiger partial charge in [-0.15, -0.1) is 0 Å². The molecule has 0 amide bonds. The van der Waals surface area contributed by atoms with Crippen LogP contribution in [0.2, 0.25) is 0 Å². The Kier molecular flexibility index (Phi) is 9.13. The number of nitrogens with zero attached hydrogens (tertiary/aromatic N) is 4. The van der Waals surface area contributed by atoms with E-state index in [9.17, 15) is 19.7 Å². The summed E-state index contributed by atoms with van der Waals surface area (Å²) < 4.78 is 14.0. The van der Waals surface area contributed by atoms with Crippen LogP contribution in [-0.4, -0.2) is 47.4 Å². The highest BCUT2D eigenvalue weighted by Crippen LogP contribution is 2.22. The molecule has 34 heavy (non-hydrogen) atoms. The lowest BCUT2D eigenvalue weighted by atomic mass is 9.90. The van der Waals surface area contributed by atoms with E-state index >= 15 is 0 Å². The zero-order valence-electron chi connectivity index (χ0n) is 19.4. The second-order valence-corrected chi connectivity index (χ2v) is 8.54. The minimum atomic E-state index is -0.194. The van der Waals surface area contributed by atoms with Crippen molar-refractivity contribution in [3.8, 4) is 12.4 Å². The Hall–Kier alpha value is -3.75. The number of benzene rings is 2. The van der Waals surface area contributed by atoms with Crippen LogP contribution in [0.4, 0.5) is 10.1 Å². The van der Waals surface area contributed by atoms with Gasteiger partial charge in [0, 0.05) is 18.7 Å². The van der Waals surface area contributed by atoms with Gasteiger partial charge >= 0.3 is 18.3 Å². The summed E-state index contributed by atoms with van der Waals surface area (Å²) in [6.07, 6.45) is 7.76. The highest BCUT2D eigenvalue weighted by molar-refractivity contribution is 5.97. The van der Waals surface area contributed by atoms with Gasteiger partial charge in [0.25, 0.3) is 0 Å². The number of carbonyl (C=O) groups excluding carboxylic acids is 1. The van der Waals surface area contributed by atoms with Gasteiger partial charge in [0.05, 0.1) is 5.69 Å². The highest BCUT2D eigenvalue weighted by atomic mass is 19.1. The number of likely N-dealkylation sites (tertiary alicyclic amines) is 1. The van der Waals surface area contributed by atoms with Gasteiger partial charge in [-0.05, 0) is 92.0 Å². The first-order valence-corrected chi connectivity index (χ1v) is 11.5. The maximum Gasteiger partial charge on any atom is 0.314 e. The quantitative estimate of drug-likeness (QED) is 0.118. The van der Waals surface area contributed by atoms with Crippen LogP contribution < -0.4 is 10.6 Å². The normalized spacial score (nSPS) is 14.0. The Morgan fingerprint density at radius 3 is 2.50 bits per heavy atom. The number of ketones is 1. The van der Waals surface area contributed by atoms with E-state index in [1.165, 1.54) is 24.6 Å². The molecule has 176 valence electrons. The van der Waals surface area contributed by atoms with Crippen molar-refractivity contribution >= 4 is 17.4 Å². The van der Waals surface area contributed by atoms with Crippen LogP contribution in [0.15, 0.2) is 48.5 Å². The lowest BCUT2D eigenvalue weighted by Crippen LogP contribution is -2.40. The lowest BCUT2D eigenvalue weighted by molar-refractivity contribution is -0.340. The Labute approximate surface area is 200 Å². The van der Waals surface area contributed by atoms with E-state index in [0.717, 1.165) is 49.9 Å². The zero-order valence-corrected chi connectivity index (χ0v) is 19.4. The maximum absolute atomic E-state index is 13.1. The third-order valence-electron chi connectivity index (χ3n) is 6.04. The number of rotatable bonds is 8. The molecule has 1 aliphatic heterocycles. The van der Waals surface area contributed by atoms with Crippen molar-refractivity contribution in [1.29, 1.82) is 10.5 Å². The molecular formula is C26H30FN6O+. The molecule has 2 aromatic carbocycles. The molecule has 8 heteroatoms. The van der Waals surface area contributed by atoms with E-state index in [1.54, 1.807) is 24.3 Å². The average molecular weight is 462 g/mol. The van der Waals surface area contributed by atoms with Gasteiger partial charge in [0.15, 0.2) is 5.78 Å². The summed E-state index contributed by atoms with van der Waals surface area (Å²) in [5.74, 6) is 0.635. The van der Waals surface area contributed by atoms with Crippen molar-refractivity contribution in [2.45, 2.75) is 32.6 Å². The molecule has 1 fully saturated rings. The molecule has 0 radical (unpaired) electrons. The lowest BCUT2D eigenvalue weighted by Gasteiger charge is -2.32. The fraction of sp³-hybridized carbons (Fsp3) is 0.385. The van der Waals surface area contributed by atoms with Crippen molar-refractivity contribution in [3.63, 3.8) is 0 Å². The predicted molar refractivity (Wildman–Crippen MR) is 128 cm³/mol. The molecule has 3 rings (SSSR count). The summed E-state index contributed by atoms with van der Waals surface area (Å²) in [4.78, 5) is 14.1. The number of nitriles is 2. The Morgan fingerprint density at radius 2 is 1.85 bits per heavy atom. The van der Waals surface area contributed by atoms with Crippen molar-refractivity contribution < 1.29 is 13.8 Å². The maximum atomic E-state index is 13.1. The van der Waals surface area contributed by atoms with Gasteiger partial charge in [0.2, 0.25) is 0 Å². The molecule has 0 spiro atoms. The van der Waals surface area contributed by atoms with Gasteiger partial charge in [0.1, 0.15) is 5.82 Å². The second kappa shape index (κ2) is 12.5.